The SMILES string of the molecule is COc1ccc(C=O)c(Cl)c1F. The van der Waals surface area contributed by atoms with Crippen LogP contribution in [0.25, 0.3) is 0 Å². The van der Waals surface area contributed by atoms with Crippen LogP contribution in [-0.4, -0.2) is 13.4 Å². The van der Waals surface area contributed by atoms with Gasteiger partial charge in [-0.15, -0.1) is 0 Å². The van der Waals surface area contributed by atoms with E-state index >= 15 is 0 Å². The number of hydrogen-bond acceptors (Lipinski definition) is 2. The van der Waals surface area contributed by atoms with Crippen LogP contribution in [0, 0.1) is 5.82 Å². The molecule has 0 aliphatic rings. The molecule has 12 heavy (non-hydrogen) atoms. The van der Waals surface area contributed by atoms with Crippen molar-refractivity contribution in [2.24, 2.45) is 0 Å². The Labute approximate surface area is 73.9 Å². The average molecular weight is 189 g/mol. The van der Waals surface area contributed by atoms with Crippen LogP contribution in [0.2, 0.25) is 5.02 Å². The Kier molecular flexibility index (Phi) is 2.65. The van der Waals surface area contributed by atoms with E-state index in [0.717, 1.165) is 0 Å². The summed E-state index contributed by atoms with van der Waals surface area (Å²) < 4.78 is 17.7. The zero-order valence-electron chi connectivity index (χ0n) is 6.30. The third-order valence-electron chi connectivity index (χ3n) is 1.42. The van der Waals surface area contributed by atoms with Crippen molar-refractivity contribution in [2.75, 3.05) is 7.11 Å². The van der Waals surface area contributed by atoms with Gasteiger partial charge in [-0.2, -0.15) is 0 Å². The van der Waals surface area contributed by atoms with Gasteiger partial charge in [0.1, 0.15) is 0 Å². The highest BCUT2D eigenvalue weighted by atomic mass is 35.5. The smallest absolute Gasteiger partial charge is 0.184 e. The molecule has 1 aromatic carbocycles. The maximum Gasteiger partial charge on any atom is 0.184 e. The molecule has 0 aromatic heterocycles. The molecule has 0 unspecified atom stereocenters. The molecule has 0 heterocycles. The van der Waals surface area contributed by atoms with E-state index in [9.17, 15) is 9.18 Å². The molecule has 0 saturated carbocycles. The van der Waals surface area contributed by atoms with E-state index < -0.39 is 5.82 Å². The number of rotatable bonds is 2. The lowest BCUT2D eigenvalue weighted by atomic mass is 10.2. The second-order valence-electron chi connectivity index (χ2n) is 2.10. The van der Waals surface area contributed by atoms with Crippen molar-refractivity contribution in [3.63, 3.8) is 0 Å². The summed E-state index contributed by atoms with van der Waals surface area (Å²) in [5.41, 5.74) is 0.120. The minimum absolute atomic E-state index is 0.0330. The third-order valence-corrected chi connectivity index (χ3v) is 1.81. The lowest BCUT2D eigenvalue weighted by molar-refractivity contribution is 0.112. The third kappa shape index (κ3) is 1.41. The minimum Gasteiger partial charge on any atom is -0.494 e. The zero-order chi connectivity index (χ0) is 9.14. The van der Waals surface area contributed by atoms with Gasteiger partial charge in [-0.3, -0.25) is 4.79 Å². The van der Waals surface area contributed by atoms with Gasteiger partial charge in [0.25, 0.3) is 0 Å². The highest BCUT2D eigenvalue weighted by molar-refractivity contribution is 6.33. The van der Waals surface area contributed by atoms with Gasteiger partial charge >= 0.3 is 0 Å². The van der Waals surface area contributed by atoms with Crippen LogP contribution in [0.4, 0.5) is 4.39 Å². The summed E-state index contributed by atoms with van der Waals surface area (Å²) in [6.07, 6.45) is 0.491. The zero-order valence-corrected chi connectivity index (χ0v) is 7.06. The Balaban J connectivity index is 3.29. The molecule has 0 saturated heterocycles. The van der Waals surface area contributed by atoms with E-state index in [4.69, 9.17) is 11.6 Å². The first kappa shape index (κ1) is 9.00. The van der Waals surface area contributed by atoms with Crippen LogP contribution >= 0.6 is 11.6 Å². The number of ether oxygens (including phenoxy) is 1. The van der Waals surface area contributed by atoms with Crippen molar-refractivity contribution in [1.29, 1.82) is 0 Å². The van der Waals surface area contributed by atoms with Gasteiger partial charge in [0.2, 0.25) is 0 Å². The van der Waals surface area contributed by atoms with Crippen molar-refractivity contribution in [3.05, 3.63) is 28.5 Å². The van der Waals surface area contributed by atoms with E-state index in [0.29, 0.717) is 6.29 Å². The maximum atomic E-state index is 13.0. The largest absolute Gasteiger partial charge is 0.494 e. The van der Waals surface area contributed by atoms with E-state index in [-0.39, 0.29) is 16.3 Å². The summed E-state index contributed by atoms with van der Waals surface area (Å²) in [6, 6.07) is 2.75. The summed E-state index contributed by atoms with van der Waals surface area (Å²) in [6.45, 7) is 0. The lowest BCUT2D eigenvalue weighted by Gasteiger charge is -2.03. The first-order valence-corrected chi connectivity index (χ1v) is 3.55. The Morgan fingerprint density at radius 1 is 1.58 bits per heavy atom. The predicted molar refractivity (Wildman–Crippen MR) is 43.3 cm³/mol. The van der Waals surface area contributed by atoms with E-state index in [1.807, 2.05) is 0 Å². The van der Waals surface area contributed by atoms with E-state index in [2.05, 4.69) is 4.74 Å². The second-order valence-corrected chi connectivity index (χ2v) is 2.48. The van der Waals surface area contributed by atoms with Gasteiger partial charge < -0.3 is 4.74 Å². The lowest BCUT2D eigenvalue weighted by Crippen LogP contribution is -1.92. The second kappa shape index (κ2) is 3.54. The Morgan fingerprint density at radius 2 is 2.25 bits per heavy atom. The predicted octanol–water partition coefficient (Wildman–Crippen LogP) is 2.30. The number of aldehydes is 1. The standard InChI is InChI=1S/C8H6ClFO2/c1-12-6-3-2-5(4-11)7(9)8(6)10/h2-4H,1H3. The average Bonchev–Trinajstić information content (AvgIpc) is 2.10. The molecule has 0 aliphatic carbocycles. The number of carbonyl (C=O) groups excluding carboxylic acids is 1. The Bertz CT molecular complexity index is 312. The molecule has 1 rings (SSSR count). The quantitative estimate of drug-likeness (QED) is 0.666. The minimum atomic E-state index is -0.705. The molecular weight excluding hydrogens is 183 g/mol. The van der Waals surface area contributed by atoms with Crippen LogP contribution in [0.5, 0.6) is 5.75 Å². The molecule has 0 radical (unpaired) electrons. The first-order chi connectivity index (χ1) is 5.70. The van der Waals surface area contributed by atoms with Crippen LogP contribution in [0.1, 0.15) is 10.4 Å². The molecule has 0 atom stereocenters. The van der Waals surface area contributed by atoms with E-state index in [1.165, 1.54) is 19.2 Å². The molecule has 64 valence electrons. The van der Waals surface area contributed by atoms with Crippen molar-refractivity contribution < 1.29 is 13.9 Å². The fraction of sp³-hybridized carbons (Fsp3) is 0.125. The summed E-state index contributed by atoms with van der Waals surface area (Å²) >= 11 is 5.49. The number of benzene rings is 1. The number of hydrogen-bond donors (Lipinski definition) is 0. The first-order valence-electron chi connectivity index (χ1n) is 3.18. The molecule has 0 bridgehead atoms. The Morgan fingerprint density at radius 3 is 2.75 bits per heavy atom. The number of halogens is 2. The van der Waals surface area contributed by atoms with Crippen molar-refractivity contribution >= 4 is 17.9 Å². The highest BCUT2D eigenvalue weighted by Gasteiger charge is 2.10. The molecule has 2 nitrogen and oxygen atoms in total. The summed E-state index contributed by atoms with van der Waals surface area (Å²) in [5.74, 6) is -0.672. The molecule has 0 spiro atoms. The monoisotopic (exact) mass is 188 g/mol. The molecule has 0 fully saturated rings. The van der Waals surface area contributed by atoms with Crippen molar-refractivity contribution in [2.45, 2.75) is 0 Å². The summed E-state index contributed by atoms with van der Waals surface area (Å²) in [4.78, 5) is 10.3. The van der Waals surface area contributed by atoms with E-state index in [1.54, 1.807) is 0 Å². The van der Waals surface area contributed by atoms with Gasteiger partial charge in [0.15, 0.2) is 17.9 Å². The molecule has 0 N–H and O–H groups in total. The molecular formula is C8H6ClFO2. The summed E-state index contributed by atoms with van der Waals surface area (Å²) in [7, 11) is 1.33. The van der Waals surface area contributed by atoms with Gasteiger partial charge in [-0.1, -0.05) is 11.6 Å². The van der Waals surface area contributed by atoms with Crippen LogP contribution in [0.15, 0.2) is 12.1 Å². The normalized spacial score (nSPS) is 9.58. The topological polar surface area (TPSA) is 26.3 Å². The molecule has 1 aromatic rings. The number of carbonyl (C=O) groups is 1. The Hall–Kier alpha value is -1.09. The molecule has 0 aliphatic heterocycles. The van der Waals surface area contributed by atoms with Gasteiger partial charge in [0.05, 0.1) is 12.1 Å². The maximum absolute atomic E-state index is 13.0. The summed E-state index contributed by atoms with van der Waals surface area (Å²) in [5, 5.41) is -0.204. The van der Waals surface area contributed by atoms with Gasteiger partial charge in [-0.25, -0.2) is 4.39 Å². The molecule has 4 heteroatoms. The fourth-order valence-corrected chi connectivity index (χ4v) is 0.996. The van der Waals surface area contributed by atoms with Gasteiger partial charge in [0, 0.05) is 5.56 Å². The molecule has 0 amide bonds. The van der Waals surface area contributed by atoms with Crippen LogP contribution < -0.4 is 4.74 Å². The van der Waals surface area contributed by atoms with Crippen molar-refractivity contribution in [3.8, 4) is 5.75 Å². The number of methoxy groups -OCH3 is 1. The highest BCUT2D eigenvalue weighted by Crippen LogP contribution is 2.26. The fourth-order valence-electron chi connectivity index (χ4n) is 0.795. The van der Waals surface area contributed by atoms with Gasteiger partial charge in [-0.05, 0) is 12.1 Å². The van der Waals surface area contributed by atoms with Crippen LogP contribution in [0.3, 0.4) is 0 Å². The van der Waals surface area contributed by atoms with Crippen LogP contribution in [-0.2, 0) is 0 Å². The van der Waals surface area contributed by atoms with Crippen molar-refractivity contribution in [1.82, 2.24) is 0 Å².